The SMILES string of the molecule is CCNCc1cnc(Oc2ccc(Cl)cc2Cl)nc1C. The molecular weight excluding hydrogens is 297 g/mol. The number of aromatic nitrogens is 2. The molecule has 1 aromatic carbocycles. The number of ether oxygens (including phenoxy) is 1. The van der Waals surface area contributed by atoms with Gasteiger partial charge < -0.3 is 10.1 Å². The van der Waals surface area contributed by atoms with E-state index in [1.165, 1.54) is 0 Å². The minimum atomic E-state index is 0.270. The van der Waals surface area contributed by atoms with Gasteiger partial charge in [-0.2, -0.15) is 4.98 Å². The Hall–Kier alpha value is -1.36. The van der Waals surface area contributed by atoms with Crippen molar-refractivity contribution in [2.45, 2.75) is 20.4 Å². The van der Waals surface area contributed by atoms with Gasteiger partial charge in [0.25, 0.3) is 0 Å². The van der Waals surface area contributed by atoms with Gasteiger partial charge in [-0.1, -0.05) is 30.1 Å². The zero-order valence-electron chi connectivity index (χ0n) is 11.3. The lowest BCUT2D eigenvalue weighted by molar-refractivity contribution is 0.439. The summed E-state index contributed by atoms with van der Waals surface area (Å²) < 4.78 is 5.57. The molecule has 1 aromatic heterocycles. The lowest BCUT2D eigenvalue weighted by Crippen LogP contribution is -2.13. The Morgan fingerprint density at radius 2 is 2.10 bits per heavy atom. The third-order valence-corrected chi connectivity index (χ3v) is 3.25. The van der Waals surface area contributed by atoms with Crippen LogP contribution in [0.2, 0.25) is 10.0 Å². The molecule has 0 saturated carbocycles. The number of nitrogens with one attached hydrogen (secondary N) is 1. The monoisotopic (exact) mass is 311 g/mol. The van der Waals surface area contributed by atoms with E-state index >= 15 is 0 Å². The first-order valence-electron chi connectivity index (χ1n) is 6.26. The maximum atomic E-state index is 6.04. The average Bonchev–Trinajstić information content (AvgIpc) is 2.41. The van der Waals surface area contributed by atoms with E-state index in [-0.39, 0.29) is 6.01 Å². The number of rotatable bonds is 5. The minimum Gasteiger partial charge on any atom is -0.423 e. The van der Waals surface area contributed by atoms with Gasteiger partial charge in [0.2, 0.25) is 0 Å². The van der Waals surface area contributed by atoms with E-state index in [4.69, 9.17) is 27.9 Å². The number of nitrogens with zero attached hydrogens (tertiary/aromatic N) is 2. The molecule has 0 spiro atoms. The second-order valence-corrected chi connectivity index (χ2v) is 5.06. The second-order valence-electron chi connectivity index (χ2n) is 4.22. The molecule has 0 unspecified atom stereocenters. The molecule has 4 nitrogen and oxygen atoms in total. The summed E-state index contributed by atoms with van der Waals surface area (Å²) in [4.78, 5) is 8.51. The van der Waals surface area contributed by atoms with E-state index in [2.05, 4.69) is 22.2 Å². The predicted octanol–water partition coefficient (Wildman–Crippen LogP) is 3.99. The summed E-state index contributed by atoms with van der Waals surface area (Å²) in [6, 6.07) is 5.28. The van der Waals surface area contributed by atoms with Crippen molar-refractivity contribution in [1.82, 2.24) is 15.3 Å². The van der Waals surface area contributed by atoms with Crippen LogP contribution in [0, 0.1) is 6.92 Å². The van der Waals surface area contributed by atoms with Gasteiger partial charge in [-0.05, 0) is 31.7 Å². The summed E-state index contributed by atoms with van der Waals surface area (Å²) in [6.45, 7) is 5.61. The summed E-state index contributed by atoms with van der Waals surface area (Å²) in [5.74, 6) is 0.481. The molecule has 0 fully saturated rings. The molecule has 1 heterocycles. The molecule has 0 aliphatic rings. The van der Waals surface area contributed by atoms with Crippen LogP contribution in [0.1, 0.15) is 18.2 Å². The molecule has 0 aliphatic carbocycles. The Kier molecular flexibility index (Phi) is 5.17. The lowest BCUT2D eigenvalue weighted by Gasteiger charge is -2.09. The van der Waals surface area contributed by atoms with Gasteiger partial charge in [-0.3, -0.25) is 0 Å². The van der Waals surface area contributed by atoms with Crippen LogP contribution in [-0.2, 0) is 6.54 Å². The average molecular weight is 312 g/mol. The van der Waals surface area contributed by atoms with Gasteiger partial charge in [0.15, 0.2) is 0 Å². The van der Waals surface area contributed by atoms with E-state index in [1.54, 1.807) is 24.4 Å². The first-order chi connectivity index (χ1) is 9.60. The van der Waals surface area contributed by atoms with Gasteiger partial charge in [0, 0.05) is 29.0 Å². The van der Waals surface area contributed by atoms with Gasteiger partial charge in [0.05, 0.1) is 5.02 Å². The van der Waals surface area contributed by atoms with Crippen molar-refractivity contribution in [3.8, 4) is 11.8 Å². The first kappa shape index (κ1) is 15.0. The molecule has 2 rings (SSSR count). The molecule has 0 amide bonds. The highest BCUT2D eigenvalue weighted by molar-refractivity contribution is 6.35. The van der Waals surface area contributed by atoms with Crippen molar-refractivity contribution in [3.63, 3.8) is 0 Å². The smallest absolute Gasteiger partial charge is 0.322 e. The predicted molar refractivity (Wildman–Crippen MR) is 80.7 cm³/mol. The maximum Gasteiger partial charge on any atom is 0.322 e. The Labute approximate surface area is 128 Å². The molecule has 6 heteroatoms. The van der Waals surface area contributed by atoms with Crippen LogP contribution in [0.3, 0.4) is 0 Å². The van der Waals surface area contributed by atoms with E-state index in [1.807, 2.05) is 6.92 Å². The zero-order chi connectivity index (χ0) is 14.5. The fourth-order valence-corrected chi connectivity index (χ4v) is 2.06. The number of halogens is 2. The first-order valence-corrected chi connectivity index (χ1v) is 7.02. The molecule has 0 bridgehead atoms. The Bertz CT molecular complexity index is 605. The van der Waals surface area contributed by atoms with Crippen LogP contribution in [-0.4, -0.2) is 16.5 Å². The fraction of sp³-hybridized carbons (Fsp3) is 0.286. The Balaban J connectivity index is 2.15. The molecule has 1 N–H and O–H groups in total. The largest absolute Gasteiger partial charge is 0.423 e. The molecule has 0 atom stereocenters. The van der Waals surface area contributed by atoms with Gasteiger partial charge in [-0.25, -0.2) is 4.98 Å². The highest BCUT2D eigenvalue weighted by Gasteiger charge is 2.08. The number of benzene rings is 1. The zero-order valence-corrected chi connectivity index (χ0v) is 12.8. The minimum absolute atomic E-state index is 0.270. The van der Waals surface area contributed by atoms with Gasteiger partial charge in [0.1, 0.15) is 5.75 Å². The topological polar surface area (TPSA) is 47.0 Å². The van der Waals surface area contributed by atoms with Gasteiger partial charge in [-0.15, -0.1) is 0 Å². The molecule has 0 aliphatic heterocycles. The van der Waals surface area contributed by atoms with Crippen molar-refractivity contribution >= 4 is 23.2 Å². The third kappa shape index (κ3) is 3.82. The van der Waals surface area contributed by atoms with Crippen LogP contribution >= 0.6 is 23.2 Å². The van der Waals surface area contributed by atoms with Crippen LogP contribution in [0.4, 0.5) is 0 Å². The summed E-state index contributed by atoms with van der Waals surface area (Å²) in [6.07, 6.45) is 1.75. The van der Waals surface area contributed by atoms with Crippen LogP contribution in [0.25, 0.3) is 0 Å². The number of hydrogen-bond acceptors (Lipinski definition) is 4. The van der Waals surface area contributed by atoms with Crippen LogP contribution in [0.5, 0.6) is 11.8 Å². The van der Waals surface area contributed by atoms with Crippen LogP contribution < -0.4 is 10.1 Å². The lowest BCUT2D eigenvalue weighted by atomic mass is 10.2. The molecule has 0 saturated heterocycles. The highest BCUT2D eigenvalue weighted by atomic mass is 35.5. The number of hydrogen-bond donors (Lipinski definition) is 1. The quantitative estimate of drug-likeness (QED) is 0.906. The van der Waals surface area contributed by atoms with Crippen molar-refractivity contribution in [2.75, 3.05) is 6.54 Å². The van der Waals surface area contributed by atoms with Crippen LogP contribution in [0.15, 0.2) is 24.4 Å². The second kappa shape index (κ2) is 6.88. The molecule has 2 aromatic rings. The molecule has 20 heavy (non-hydrogen) atoms. The fourth-order valence-electron chi connectivity index (χ4n) is 1.61. The highest BCUT2D eigenvalue weighted by Crippen LogP contribution is 2.30. The van der Waals surface area contributed by atoms with Crippen molar-refractivity contribution in [2.24, 2.45) is 0 Å². The van der Waals surface area contributed by atoms with E-state index in [0.29, 0.717) is 15.8 Å². The number of aryl methyl sites for hydroxylation is 1. The van der Waals surface area contributed by atoms with Gasteiger partial charge >= 0.3 is 6.01 Å². The summed E-state index contributed by atoms with van der Waals surface area (Å²) in [5, 5.41) is 4.22. The van der Waals surface area contributed by atoms with Crippen molar-refractivity contribution < 1.29 is 4.74 Å². The summed E-state index contributed by atoms with van der Waals surface area (Å²) in [5.41, 5.74) is 1.92. The Morgan fingerprint density at radius 3 is 2.75 bits per heavy atom. The standard InChI is InChI=1S/C14H15Cl2N3O/c1-3-17-7-10-8-18-14(19-9(10)2)20-13-5-4-11(15)6-12(13)16/h4-6,8,17H,3,7H2,1-2H3. The van der Waals surface area contributed by atoms with E-state index < -0.39 is 0 Å². The van der Waals surface area contributed by atoms with Crippen molar-refractivity contribution in [3.05, 3.63) is 45.7 Å². The normalized spacial score (nSPS) is 10.6. The maximum absolute atomic E-state index is 6.04. The molecule has 106 valence electrons. The Morgan fingerprint density at radius 1 is 1.30 bits per heavy atom. The summed E-state index contributed by atoms with van der Waals surface area (Å²) >= 11 is 11.9. The van der Waals surface area contributed by atoms with E-state index in [9.17, 15) is 0 Å². The third-order valence-electron chi connectivity index (χ3n) is 2.72. The molecular formula is C14H15Cl2N3O. The molecule has 0 radical (unpaired) electrons. The summed E-state index contributed by atoms with van der Waals surface area (Å²) in [7, 11) is 0. The van der Waals surface area contributed by atoms with E-state index in [0.717, 1.165) is 24.3 Å². The van der Waals surface area contributed by atoms with Crippen molar-refractivity contribution in [1.29, 1.82) is 0 Å².